The van der Waals surface area contributed by atoms with E-state index in [0.29, 0.717) is 6.42 Å². The molecule has 0 unspecified atom stereocenters. The minimum Gasteiger partial charge on any atom is -0.300 e. The van der Waals surface area contributed by atoms with Gasteiger partial charge >= 0.3 is 0 Å². The number of nitrogens with zero attached hydrogens (tertiary/aromatic N) is 1. The highest BCUT2D eigenvalue weighted by Crippen LogP contribution is 1.58. The fourth-order valence-corrected chi connectivity index (χ4v) is 0. The molecule has 8 heavy (non-hydrogen) atoms. The molecule has 0 fully saturated rings. The highest BCUT2D eigenvalue weighted by molar-refractivity contribution is 5.72. The topological polar surface area (TPSA) is 40.9 Å². The predicted octanol–water partition coefficient (Wildman–Crippen LogP) is 1.52. The SMILES string of the molecule is CC(C)=O.CCC#N. The Morgan fingerprint density at radius 1 is 1.62 bits per heavy atom. The van der Waals surface area contributed by atoms with Crippen LogP contribution in [-0.2, 0) is 4.79 Å². The van der Waals surface area contributed by atoms with Crippen molar-refractivity contribution in [2.45, 2.75) is 27.2 Å². The van der Waals surface area contributed by atoms with Crippen LogP contribution < -0.4 is 0 Å². The van der Waals surface area contributed by atoms with Gasteiger partial charge in [-0.3, -0.25) is 0 Å². The monoisotopic (exact) mass is 113 g/mol. The molecule has 0 aliphatic heterocycles. The highest BCUT2D eigenvalue weighted by atomic mass is 16.1. The molecule has 0 aromatic carbocycles. The number of hydrogen-bond donors (Lipinski definition) is 0. The normalized spacial score (nSPS) is 5.75. The number of Topliss-reactive ketones (excluding diaryl/α,β-unsaturated/α-hetero) is 1. The van der Waals surface area contributed by atoms with Crippen molar-refractivity contribution in [2.24, 2.45) is 0 Å². The summed E-state index contributed by atoms with van der Waals surface area (Å²) in [7, 11) is 0. The van der Waals surface area contributed by atoms with Crippen LogP contribution in [0.2, 0.25) is 0 Å². The van der Waals surface area contributed by atoms with Gasteiger partial charge in [-0.25, -0.2) is 0 Å². The lowest BCUT2D eigenvalue weighted by atomic mass is 10.6. The van der Waals surface area contributed by atoms with E-state index in [9.17, 15) is 4.79 Å². The maximum absolute atomic E-state index is 9.44. The maximum atomic E-state index is 9.44. The van der Waals surface area contributed by atoms with Crippen molar-refractivity contribution < 1.29 is 4.79 Å². The molecule has 0 amide bonds. The average molecular weight is 113 g/mol. The fraction of sp³-hybridized carbons (Fsp3) is 0.667. The van der Waals surface area contributed by atoms with Crippen molar-refractivity contribution in [3.05, 3.63) is 0 Å². The molecule has 2 heteroatoms. The van der Waals surface area contributed by atoms with E-state index < -0.39 is 0 Å². The summed E-state index contributed by atoms with van der Waals surface area (Å²) in [6.07, 6.45) is 0.625. The molecule has 0 saturated carbocycles. The van der Waals surface area contributed by atoms with Gasteiger partial charge in [0, 0.05) is 6.42 Å². The number of rotatable bonds is 0. The first-order valence-corrected chi connectivity index (χ1v) is 2.49. The lowest BCUT2D eigenvalue weighted by Gasteiger charge is -1.56. The molecule has 0 aliphatic carbocycles. The quantitative estimate of drug-likeness (QED) is 0.477. The Hall–Kier alpha value is -0.840. The van der Waals surface area contributed by atoms with E-state index in [0.717, 1.165) is 0 Å². The zero-order valence-electron chi connectivity index (χ0n) is 5.56. The van der Waals surface area contributed by atoms with Crippen molar-refractivity contribution >= 4 is 5.78 Å². The Morgan fingerprint density at radius 3 is 1.75 bits per heavy atom. The first-order chi connectivity index (χ1) is 3.65. The van der Waals surface area contributed by atoms with Gasteiger partial charge in [0.25, 0.3) is 0 Å². The Bertz CT molecular complexity index is 87.2. The summed E-state index contributed by atoms with van der Waals surface area (Å²) in [5.74, 6) is 0.167. The number of ketones is 1. The second-order valence-corrected chi connectivity index (χ2v) is 1.42. The summed E-state index contributed by atoms with van der Waals surface area (Å²) in [4.78, 5) is 9.44. The molecule has 0 atom stereocenters. The molecule has 0 N–H and O–H groups in total. The van der Waals surface area contributed by atoms with E-state index >= 15 is 0 Å². The van der Waals surface area contributed by atoms with Gasteiger partial charge in [0.2, 0.25) is 0 Å². The van der Waals surface area contributed by atoms with Crippen LogP contribution in [0, 0.1) is 11.3 Å². The molecule has 0 radical (unpaired) electrons. The van der Waals surface area contributed by atoms with Gasteiger partial charge in [-0.05, 0) is 13.8 Å². The Morgan fingerprint density at radius 2 is 1.75 bits per heavy atom. The second kappa shape index (κ2) is 9.48. The van der Waals surface area contributed by atoms with Crippen molar-refractivity contribution in [2.75, 3.05) is 0 Å². The smallest absolute Gasteiger partial charge is 0.126 e. The van der Waals surface area contributed by atoms with E-state index in [-0.39, 0.29) is 5.78 Å². The first-order valence-electron chi connectivity index (χ1n) is 2.49. The van der Waals surface area contributed by atoms with Crippen LogP contribution in [0.5, 0.6) is 0 Å². The molecule has 0 saturated heterocycles. The van der Waals surface area contributed by atoms with E-state index in [1.165, 1.54) is 13.8 Å². The van der Waals surface area contributed by atoms with Gasteiger partial charge < -0.3 is 4.79 Å². The zero-order valence-corrected chi connectivity index (χ0v) is 5.56. The van der Waals surface area contributed by atoms with Crippen molar-refractivity contribution in [3.8, 4) is 6.07 Å². The Labute approximate surface area is 50.1 Å². The molecular formula is C6H11NO. The molecule has 2 nitrogen and oxygen atoms in total. The van der Waals surface area contributed by atoms with E-state index in [4.69, 9.17) is 5.26 Å². The van der Waals surface area contributed by atoms with Crippen LogP contribution in [0.15, 0.2) is 0 Å². The molecule has 0 aromatic heterocycles. The van der Waals surface area contributed by atoms with Crippen LogP contribution >= 0.6 is 0 Å². The maximum Gasteiger partial charge on any atom is 0.126 e. The number of carbonyl (C=O) groups is 1. The number of hydrogen-bond acceptors (Lipinski definition) is 2. The minimum absolute atomic E-state index is 0.167. The van der Waals surface area contributed by atoms with Crippen LogP contribution in [0.1, 0.15) is 27.2 Å². The van der Waals surface area contributed by atoms with Gasteiger partial charge in [0.15, 0.2) is 0 Å². The highest BCUT2D eigenvalue weighted by Gasteiger charge is 1.62. The van der Waals surface area contributed by atoms with Gasteiger partial charge in [-0.15, -0.1) is 0 Å². The van der Waals surface area contributed by atoms with Crippen LogP contribution in [0.25, 0.3) is 0 Å². The third-order valence-electron chi connectivity index (χ3n) is 0.158. The third-order valence-corrected chi connectivity index (χ3v) is 0.158. The fourth-order valence-electron chi connectivity index (χ4n) is 0. The largest absolute Gasteiger partial charge is 0.300 e. The van der Waals surface area contributed by atoms with Crippen molar-refractivity contribution in [3.63, 3.8) is 0 Å². The first kappa shape index (κ1) is 10.2. The summed E-state index contributed by atoms with van der Waals surface area (Å²) in [5.41, 5.74) is 0. The van der Waals surface area contributed by atoms with Gasteiger partial charge in [0.05, 0.1) is 6.07 Å². The van der Waals surface area contributed by atoms with Gasteiger partial charge in [-0.1, -0.05) is 6.92 Å². The molecule has 46 valence electrons. The molecule has 0 heterocycles. The Balaban J connectivity index is 0. The summed E-state index contributed by atoms with van der Waals surface area (Å²) in [6.45, 7) is 4.88. The van der Waals surface area contributed by atoms with Gasteiger partial charge in [0.1, 0.15) is 5.78 Å². The second-order valence-electron chi connectivity index (χ2n) is 1.42. The molecule has 0 bridgehead atoms. The number of carbonyl (C=O) groups excluding carboxylic acids is 1. The molecule has 0 spiro atoms. The van der Waals surface area contributed by atoms with E-state index in [1.807, 2.05) is 13.0 Å². The van der Waals surface area contributed by atoms with Crippen molar-refractivity contribution in [1.29, 1.82) is 5.26 Å². The van der Waals surface area contributed by atoms with Crippen LogP contribution in [0.4, 0.5) is 0 Å². The lowest BCUT2D eigenvalue weighted by molar-refractivity contribution is -0.114. The van der Waals surface area contributed by atoms with Crippen LogP contribution in [0.3, 0.4) is 0 Å². The average Bonchev–Trinajstić information content (AvgIpc) is 1.65. The molecule has 0 rings (SSSR count). The number of nitriles is 1. The standard InChI is InChI=1S/C3H5N.C3H6O/c1-2-3-4;1-3(2)4/h2H2,1H3;1-2H3. The zero-order chi connectivity index (χ0) is 6.99. The lowest BCUT2D eigenvalue weighted by Crippen LogP contribution is -1.69. The van der Waals surface area contributed by atoms with Gasteiger partial charge in [-0.2, -0.15) is 5.26 Å². The summed E-state index contributed by atoms with van der Waals surface area (Å²) >= 11 is 0. The van der Waals surface area contributed by atoms with Crippen LogP contribution in [-0.4, -0.2) is 5.78 Å². The molecule has 0 aliphatic rings. The minimum atomic E-state index is 0.167. The van der Waals surface area contributed by atoms with Crippen molar-refractivity contribution in [1.82, 2.24) is 0 Å². The third kappa shape index (κ3) is 3490. The molecule has 0 aromatic rings. The summed E-state index contributed by atoms with van der Waals surface area (Å²) in [5, 5.41) is 7.62. The van der Waals surface area contributed by atoms with E-state index in [2.05, 4.69) is 0 Å². The summed E-state index contributed by atoms with van der Waals surface area (Å²) in [6, 6.07) is 1.93. The Kier molecular flexibility index (Phi) is 12.1. The predicted molar refractivity (Wildman–Crippen MR) is 32.3 cm³/mol. The molecular weight excluding hydrogens is 102 g/mol. The van der Waals surface area contributed by atoms with E-state index in [1.54, 1.807) is 0 Å². The summed E-state index contributed by atoms with van der Waals surface area (Å²) < 4.78 is 0.